The number of aliphatic hydroxyl groups is 1. The first-order valence-electron chi connectivity index (χ1n) is 5.85. The van der Waals surface area contributed by atoms with Crippen molar-refractivity contribution in [1.82, 2.24) is 4.90 Å². The topological polar surface area (TPSA) is 85.0 Å². The van der Waals surface area contributed by atoms with Gasteiger partial charge in [-0.1, -0.05) is 0 Å². The number of carbonyl (C=O) groups is 1. The summed E-state index contributed by atoms with van der Waals surface area (Å²) in [5.74, 6) is 0.573. The lowest BCUT2D eigenvalue weighted by atomic mass is 10.1. The summed E-state index contributed by atoms with van der Waals surface area (Å²) in [4.78, 5) is 13.7. The zero-order valence-corrected chi connectivity index (χ0v) is 11.6. The highest BCUT2D eigenvalue weighted by atomic mass is 16.5. The van der Waals surface area contributed by atoms with E-state index in [2.05, 4.69) is 0 Å². The number of benzene rings is 1. The summed E-state index contributed by atoms with van der Waals surface area (Å²) in [6, 6.07) is 2.87. The molecule has 0 aromatic heterocycles. The Bertz CT molecular complexity index is 462. The quantitative estimate of drug-likeness (QED) is 0.769. The van der Waals surface area contributed by atoms with Crippen LogP contribution in [0, 0.1) is 0 Å². The van der Waals surface area contributed by atoms with Crippen molar-refractivity contribution in [3.8, 4) is 11.5 Å². The van der Waals surface area contributed by atoms with Gasteiger partial charge in [-0.05, 0) is 13.0 Å². The lowest BCUT2D eigenvalue weighted by molar-refractivity contribution is 0.0682. The summed E-state index contributed by atoms with van der Waals surface area (Å²) in [6.45, 7) is 1.62. The summed E-state index contributed by atoms with van der Waals surface area (Å²) in [7, 11) is 4.58. The number of rotatable bonds is 5. The van der Waals surface area contributed by atoms with Crippen LogP contribution in [0.15, 0.2) is 12.1 Å². The van der Waals surface area contributed by atoms with Crippen molar-refractivity contribution >= 4 is 11.6 Å². The van der Waals surface area contributed by atoms with Crippen molar-refractivity contribution < 1.29 is 19.4 Å². The van der Waals surface area contributed by atoms with Gasteiger partial charge >= 0.3 is 0 Å². The third-order valence-electron chi connectivity index (χ3n) is 3.05. The largest absolute Gasteiger partial charge is 0.497 e. The van der Waals surface area contributed by atoms with Gasteiger partial charge in [-0.3, -0.25) is 4.79 Å². The fraction of sp³-hybridized carbons (Fsp3) is 0.462. The van der Waals surface area contributed by atoms with Gasteiger partial charge in [0.25, 0.3) is 5.91 Å². The van der Waals surface area contributed by atoms with Crippen molar-refractivity contribution in [2.75, 3.05) is 33.6 Å². The molecule has 3 N–H and O–H groups in total. The minimum Gasteiger partial charge on any atom is -0.497 e. The molecule has 0 saturated carbocycles. The minimum atomic E-state index is -0.302. The number of likely N-dealkylation sites (N-methyl/N-ethyl adjacent to an activating group) is 1. The Balaban J connectivity index is 3.22. The van der Waals surface area contributed by atoms with E-state index < -0.39 is 0 Å². The van der Waals surface area contributed by atoms with E-state index >= 15 is 0 Å². The van der Waals surface area contributed by atoms with Crippen LogP contribution in [-0.2, 0) is 0 Å². The SMILES string of the molecule is COc1cc(OC)c(N)c(C(=O)N(C)C(C)CO)c1. The van der Waals surface area contributed by atoms with Crippen molar-refractivity contribution in [3.63, 3.8) is 0 Å². The molecule has 1 aromatic rings. The number of nitrogens with zero attached hydrogens (tertiary/aromatic N) is 1. The molecule has 1 unspecified atom stereocenters. The second kappa shape index (κ2) is 6.29. The Morgan fingerprint density at radius 3 is 2.53 bits per heavy atom. The Kier molecular flexibility index (Phi) is 5.00. The predicted molar refractivity (Wildman–Crippen MR) is 72.6 cm³/mol. The number of hydrogen-bond acceptors (Lipinski definition) is 5. The second-order valence-electron chi connectivity index (χ2n) is 4.24. The van der Waals surface area contributed by atoms with E-state index in [1.165, 1.54) is 19.1 Å². The highest BCUT2D eigenvalue weighted by Crippen LogP contribution is 2.31. The van der Waals surface area contributed by atoms with Crippen molar-refractivity contribution in [3.05, 3.63) is 17.7 Å². The third kappa shape index (κ3) is 3.08. The van der Waals surface area contributed by atoms with Gasteiger partial charge in [0, 0.05) is 13.1 Å². The summed E-state index contributed by atoms with van der Waals surface area (Å²) in [6.07, 6.45) is 0. The van der Waals surface area contributed by atoms with E-state index in [9.17, 15) is 4.79 Å². The Morgan fingerprint density at radius 1 is 1.42 bits per heavy atom. The summed E-state index contributed by atoms with van der Waals surface area (Å²) < 4.78 is 10.2. The maximum Gasteiger partial charge on any atom is 0.256 e. The van der Waals surface area contributed by atoms with E-state index in [-0.39, 0.29) is 24.2 Å². The Hall–Kier alpha value is -1.95. The number of carbonyl (C=O) groups excluding carboxylic acids is 1. The number of nitrogen functional groups attached to an aromatic ring is 1. The average molecular weight is 268 g/mol. The van der Waals surface area contributed by atoms with Gasteiger partial charge in [-0.2, -0.15) is 0 Å². The van der Waals surface area contributed by atoms with Crippen LogP contribution in [0.1, 0.15) is 17.3 Å². The lowest BCUT2D eigenvalue weighted by Crippen LogP contribution is -2.37. The second-order valence-corrected chi connectivity index (χ2v) is 4.24. The molecule has 1 rings (SSSR count). The molecule has 0 heterocycles. The van der Waals surface area contributed by atoms with E-state index in [4.69, 9.17) is 20.3 Å². The zero-order valence-electron chi connectivity index (χ0n) is 11.6. The van der Waals surface area contributed by atoms with E-state index in [1.54, 1.807) is 26.1 Å². The standard InChI is InChI=1S/C13H20N2O4/c1-8(7-16)15(2)13(17)10-5-9(18-3)6-11(19-4)12(10)14/h5-6,8,16H,7,14H2,1-4H3. The number of amides is 1. The molecule has 0 radical (unpaired) electrons. The molecule has 106 valence electrons. The maximum atomic E-state index is 12.3. The average Bonchev–Trinajstić information content (AvgIpc) is 2.45. The molecular weight excluding hydrogens is 248 g/mol. The van der Waals surface area contributed by atoms with Crippen LogP contribution in [0.4, 0.5) is 5.69 Å². The number of ether oxygens (including phenoxy) is 2. The highest BCUT2D eigenvalue weighted by molar-refractivity contribution is 6.01. The molecule has 0 bridgehead atoms. The van der Waals surface area contributed by atoms with Gasteiger partial charge in [0.2, 0.25) is 0 Å². The molecule has 1 amide bonds. The smallest absolute Gasteiger partial charge is 0.256 e. The molecule has 6 heteroatoms. The third-order valence-corrected chi connectivity index (χ3v) is 3.05. The van der Waals surface area contributed by atoms with E-state index in [1.807, 2.05) is 0 Å². The van der Waals surface area contributed by atoms with Crippen LogP contribution in [0.2, 0.25) is 0 Å². The fourth-order valence-electron chi connectivity index (χ4n) is 1.58. The zero-order chi connectivity index (χ0) is 14.6. The molecule has 0 fully saturated rings. The highest BCUT2D eigenvalue weighted by Gasteiger charge is 2.22. The van der Waals surface area contributed by atoms with E-state index in [0.29, 0.717) is 17.1 Å². The summed E-state index contributed by atoms with van der Waals surface area (Å²) in [5.41, 5.74) is 6.45. The number of aliphatic hydroxyl groups excluding tert-OH is 1. The molecule has 1 atom stereocenters. The molecular formula is C13H20N2O4. The molecule has 6 nitrogen and oxygen atoms in total. The monoisotopic (exact) mass is 268 g/mol. The van der Waals surface area contributed by atoms with Crippen LogP contribution in [0.25, 0.3) is 0 Å². The maximum absolute atomic E-state index is 12.3. The molecule has 0 aliphatic carbocycles. The van der Waals surface area contributed by atoms with Gasteiger partial charge < -0.3 is 25.2 Å². The normalized spacial score (nSPS) is 11.8. The molecule has 0 saturated heterocycles. The van der Waals surface area contributed by atoms with Crippen LogP contribution in [0.5, 0.6) is 11.5 Å². The Morgan fingerprint density at radius 2 is 2.05 bits per heavy atom. The van der Waals surface area contributed by atoms with Crippen molar-refractivity contribution in [1.29, 1.82) is 0 Å². The summed E-state index contributed by atoms with van der Waals surface area (Å²) >= 11 is 0. The Labute approximate surface area is 112 Å². The van der Waals surface area contributed by atoms with Gasteiger partial charge in [-0.25, -0.2) is 0 Å². The first kappa shape index (κ1) is 15.1. The molecule has 19 heavy (non-hydrogen) atoms. The van der Waals surface area contributed by atoms with Crippen molar-refractivity contribution in [2.24, 2.45) is 0 Å². The van der Waals surface area contributed by atoms with Gasteiger partial charge in [0.05, 0.1) is 38.1 Å². The van der Waals surface area contributed by atoms with Gasteiger partial charge in [-0.15, -0.1) is 0 Å². The number of hydrogen-bond donors (Lipinski definition) is 2. The number of anilines is 1. The van der Waals surface area contributed by atoms with Gasteiger partial charge in [0.15, 0.2) is 0 Å². The van der Waals surface area contributed by atoms with Crippen LogP contribution < -0.4 is 15.2 Å². The van der Waals surface area contributed by atoms with E-state index in [0.717, 1.165) is 0 Å². The first-order valence-corrected chi connectivity index (χ1v) is 5.85. The lowest BCUT2D eigenvalue weighted by Gasteiger charge is -2.24. The van der Waals surface area contributed by atoms with Gasteiger partial charge in [0.1, 0.15) is 11.5 Å². The number of nitrogens with two attached hydrogens (primary N) is 1. The van der Waals surface area contributed by atoms with Crippen LogP contribution in [-0.4, -0.2) is 49.8 Å². The predicted octanol–water partition coefficient (Wildman–Crippen LogP) is 0.739. The number of methoxy groups -OCH3 is 2. The summed E-state index contributed by atoms with van der Waals surface area (Å²) in [5, 5.41) is 9.10. The van der Waals surface area contributed by atoms with Crippen LogP contribution in [0.3, 0.4) is 0 Å². The minimum absolute atomic E-state index is 0.122. The fourth-order valence-corrected chi connectivity index (χ4v) is 1.58. The first-order chi connectivity index (χ1) is 8.96. The molecule has 0 aliphatic rings. The van der Waals surface area contributed by atoms with Crippen LogP contribution >= 0.6 is 0 Å². The molecule has 1 aromatic carbocycles. The van der Waals surface area contributed by atoms with Crippen molar-refractivity contribution in [2.45, 2.75) is 13.0 Å². The molecule has 0 aliphatic heterocycles. The molecule has 0 spiro atoms.